The summed E-state index contributed by atoms with van der Waals surface area (Å²) in [5, 5.41) is 6.06. The van der Waals surface area contributed by atoms with Crippen LogP contribution >= 0.6 is 0 Å². The minimum absolute atomic E-state index is 0.0296. The highest BCUT2D eigenvalue weighted by Gasteiger charge is 2.40. The van der Waals surface area contributed by atoms with Crippen molar-refractivity contribution in [2.24, 2.45) is 0 Å². The Labute approximate surface area is 208 Å². The minimum Gasteiger partial charge on any atom is -0.376 e. The summed E-state index contributed by atoms with van der Waals surface area (Å²) < 4.78 is 58.9. The molecule has 4 atom stereocenters. The molecule has 2 fully saturated rings. The Morgan fingerprint density at radius 2 is 2.06 bits per heavy atom. The molecule has 0 aliphatic carbocycles. The zero-order valence-electron chi connectivity index (χ0n) is 20.4. The number of allylic oxidation sites excluding steroid dienone is 1. The van der Waals surface area contributed by atoms with E-state index in [-0.39, 0.29) is 60.5 Å². The third-order valence-corrected chi connectivity index (χ3v) is 7.30. The number of fused-ring (bicyclic) bond motifs is 1. The Kier molecular flexibility index (Phi) is 8.04. The molecule has 6 nitrogen and oxygen atoms in total. The molecular formula is C26H33F4N3O3. The van der Waals surface area contributed by atoms with Crippen molar-refractivity contribution >= 4 is 11.8 Å². The van der Waals surface area contributed by atoms with Crippen LogP contribution in [0.15, 0.2) is 24.4 Å². The Morgan fingerprint density at radius 3 is 2.78 bits per heavy atom. The van der Waals surface area contributed by atoms with Crippen LogP contribution in [0, 0.1) is 5.82 Å². The number of halogens is 4. The third-order valence-electron chi connectivity index (χ3n) is 7.30. The van der Waals surface area contributed by atoms with Crippen LogP contribution in [0.25, 0.3) is 0 Å². The van der Waals surface area contributed by atoms with Crippen molar-refractivity contribution in [1.82, 2.24) is 15.5 Å². The van der Waals surface area contributed by atoms with Gasteiger partial charge < -0.3 is 20.3 Å². The number of alkyl halides is 3. The molecule has 10 heteroatoms. The number of benzene rings is 1. The topological polar surface area (TPSA) is 70.7 Å². The van der Waals surface area contributed by atoms with E-state index in [4.69, 9.17) is 4.74 Å². The smallest absolute Gasteiger partial charge is 0.376 e. The van der Waals surface area contributed by atoms with E-state index in [2.05, 4.69) is 17.2 Å². The van der Waals surface area contributed by atoms with Crippen molar-refractivity contribution in [2.75, 3.05) is 6.61 Å². The van der Waals surface area contributed by atoms with Crippen LogP contribution in [0.4, 0.5) is 17.6 Å². The van der Waals surface area contributed by atoms with E-state index in [9.17, 15) is 22.8 Å². The van der Waals surface area contributed by atoms with Gasteiger partial charge >= 0.3 is 6.18 Å². The molecule has 0 aromatic heterocycles. The van der Waals surface area contributed by atoms with E-state index in [1.54, 1.807) is 12.1 Å². The van der Waals surface area contributed by atoms with Gasteiger partial charge in [-0.25, -0.2) is 4.39 Å². The van der Waals surface area contributed by atoms with Gasteiger partial charge in [0.25, 0.3) is 5.91 Å². The van der Waals surface area contributed by atoms with Gasteiger partial charge in [-0.2, -0.15) is 13.2 Å². The van der Waals surface area contributed by atoms with Gasteiger partial charge in [0.05, 0.1) is 12.6 Å². The summed E-state index contributed by atoms with van der Waals surface area (Å²) in [7, 11) is 0. The maximum atomic E-state index is 15.6. The van der Waals surface area contributed by atoms with Crippen molar-refractivity contribution in [3.63, 3.8) is 0 Å². The molecule has 2 amide bonds. The molecule has 2 N–H and O–H groups in total. The quantitative estimate of drug-likeness (QED) is 0.509. The van der Waals surface area contributed by atoms with Crippen LogP contribution in [0.2, 0.25) is 0 Å². The van der Waals surface area contributed by atoms with Gasteiger partial charge in [0.15, 0.2) is 0 Å². The normalized spacial score (nSPS) is 25.6. The number of carbonyl (C=O) groups is 2. The summed E-state index contributed by atoms with van der Waals surface area (Å²) in [6.45, 7) is 6.18. The zero-order chi connectivity index (χ0) is 26.0. The first-order chi connectivity index (χ1) is 17.0. The van der Waals surface area contributed by atoms with Crippen molar-refractivity contribution in [3.8, 4) is 0 Å². The van der Waals surface area contributed by atoms with Crippen LogP contribution < -0.4 is 10.6 Å². The maximum Gasteiger partial charge on any atom is 0.389 e. The number of carbonyl (C=O) groups excluding carboxylic acids is 2. The number of hydrogen-bond acceptors (Lipinski definition) is 4. The fraction of sp³-hybridized carbons (Fsp3) is 0.615. The first-order valence-electron chi connectivity index (χ1n) is 12.6. The summed E-state index contributed by atoms with van der Waals surface area (Å²) in [4.78, 5) is 26.8. The Morgan fingerprint density at radius 1 is 1.28 bits per heavy atom. The zero-order valence-corrected chi connectivity index (χ0v) is 20.4. The molecule has 0 spiro atoms. The second kappa shape index (κ2) is 10.9. The molecule has 3 heterocycles. The fourth-order valence-corrected chi connectivity index (χ4v) is 5.40. The van der Waals surface area contributed by atoms with Gasteiger partial charge in [0, 0.05) is 48.4 Å². The maximum absolute atomic E-state index is 15.6. The van der Waals surface area contributed by atoms with Crippen LogP contribution in [-0.4, -0.2) is 53.7 Å². The fourth-order valence-electron chi connectivity index (χ4n) is 5.40. The first kappa shape index (κ1) is 26.6. The van der Waals surface area contributed by atoms with Gasteiger partial charge in [0.1, 0.15) is 11.9 Å². The molecule has 0 saturated carbocycles. The van der Waals surface area contributed by atoms with Gasteiger partial charge in [-0.3, -0.25) is 9.59 Å². The SMILES string of the molecule is C=C1CCC(N2Cc3c(ccc(C[C@H]4OCCC[C@@H]4NC(C)CCCC(F)(F)F)c3F)C2=O)C(=O)N1. The predicted octanol–water partition coefficient (Wildman–Crippen LogP) is 4.37. The average molecular weight is 512 g/mol. The minimum atomic E-state index is -4.16. The van der Waals surface area contributed by atoms with Gasteiger partial charge in [-0.05, 0) is 57.1 Å². The summed E-state index contributed by atoms with van der Waals surface area (Å²) in [5.41, 5.74) is 1.59. The molecule has 2 unspecified atom stereocenters. The van der Waals surface area contributed by atoms with Gasteiger partial charge in [0.2, 0.25) is 5.91 Å². The van der Waals surface area contributed by atoms with Crippen LogP contribution in [0.3, 0.4) is 0 Å². The molecule has 2 saturated heterocycles. The summed E-state index contributed by atoms with van der Waals surface area (Å²) in [5.74, 6) is -1.12. The molecule has 1 aromatic rings. The molecule has 1 aromatic carbocycles. The Hall–Kier alpha value is -2.46. The Balaban J connectivity index is 1.41. The summed E-state index contributed by atoms with van der Waals surface area (Å²) >= 11 is 0. The summed E-state index contributed by atoms with van der Waals surface area (Å²) in [6.07, 6.45) is -1.97. The van der Waals surface area contributed by atoms with Gasteiger partial charge in [-0.15, -0.1) is 0 Å². The largest absolute Gasteiger partial charge is 0.389 e. The van der Waals surface area contributed by atoms with E-state index >= 15 is 4.39 Å². The van der Waals surface area contributed by atoms with E-state index in [0.29, 0.717) is 37.1 Å². The van der Waals surface area contributed by atoms with E-state index in [1.165, 1.54) is 4.90 Å². The standard InChI is InChI=1S/C26H33F4N3O3/c1-15(5-3-11-26(28,29)30)31-20-6-4-12-36-22(20)13-17-8-9-18-19(23(17)27)14-33(25(18)35)21-10-7-16(2)32-24(21)34/h8-9,15,20-22,31H,2-7,10-14H2,1H3,(H,32,34)/t15?,20-,21?,22+/m0/s1. The molecule has 4 rings (SSSR count). The highest BCUT2D eigenvalue weighted by atomic mass is 19.4. The third kappa shape index (κ3) is 6.08. The highest BCUT2D eigenvalue weighted by Crippen LogP contribution is 2.32. The highest BCUT2D eigenvalue weighted by molar-refractivity contribution is 6.01. The van der Waals surface area contributed by atoms with Crippen LogP contribution in [0.5, 0.6) is 0 Å². The van der Waals surface area contributed by atoms with Crippen molar-refractivity contribution in [2.45, 2.75) is 95.2 Å². The van der Waals surface area contributed by atoms with E-state index < -0.39 is 24.5 Å². The molecule has 3 aliphatic rings. The van der Waals surface area contributed by atoms with Crippen LogP contribution in [0.1, 0.15) is 73.4 Å². The second-order valence-corrected chi connectivity index (χ2v) is 10.1. The average Bonchev–Trinajstić information content (AvgIpc) is 3.13. The Bertz CT molecular complexity index is 1010. The number of ether oxygens (including phenoxy) is 1. The van der Waals surface area contributed by atoms with Crippen LogP contribution in [-0.2, 0) is 22.5 Å². The molecule has 36 heavy (non-hydrogen) atoms. The van der Waals surface area contributed by atoms with Gasteiger partial charge in [-0.1, -0.05) is 12.6 Å². The number of nitrogens with zero attached hydrogens (tertiary/aromatic N) is 1. The lowest BCUT2D eigenvalue weighted by Gasteiger charge is -2.35. The molecule has 3 aliphatic heterocycles. The molecular weight excluding hydrogens is 478 g/mol. The second-order valence-electron chi connectivity index (χ2n) is 10.1. The van der Waals surface area contributed by atoms with Crippen molar-refractivity contribution in [3.05, 3.63) is 46.9 Å². The number of hydrogen-bond donors (Lipinski definition) is 2. The number of piperidine rings is 1. The van der Waals surface area contributed by atoms with Crippen molar-refractivity contribution < 1.29 is 31.9 Å². The number of amides is 2. The van der Waals surface area contributed by atoms with E-state index in [0.717, 1.165) is 12.8 Å². The lowest BCUT2D eigenvalue weighted by atomic mass is 9.93. The molecule has 0 bridgehead atoms. The molecule has 198 valence electrons. The monoisotopic (exact) mass is 511 g/mol. The lowest BCUT2D eigenvalue weighted by Crippen LogP contribution is -2.49. The first-order valence-corrected chi connectivity index (χ1v) is 12.6. The molecule has 0 radical (unpaired) electrons. The lowest BCUT2D eigenvalue weighted by molar-refractivity contribution is -0.136. The number of rotatable bonds is 8. The van der Waals surface area contributed by atoms with Crippen molar-refractivity contribution in [1.29, 1.82) is 0 Å². The number of nitrogens with one attached hydrogen (secondary N) is 2. The summed E-state index contributed by atoms with van der Waals surface area (Å²) in [6, 6.07) is 2.31. The van der Waals surface area contributed by atoms with E-state index in [1.807, 2.05) is 6.92 Å². The predicted molar refractivity (Wildman–Crippen MR) is 126 cm³/mol.